The fourth-order valence-corrected chi connectivity index (χ4v) is 4.36. The number of likely N-dealkylation sites (N-methyl/N-ethyl adjacent to an activating group) is 2. The van der Waals surface area contributed by atoms with Crippen molar-refractivity contribution in [3.05, 3.63) is 48.4 Å². The molecule has 4 heterocycles. The molecule has 2 N–H and O–H groups in total. The highest BCUT2D eigenvalue weighted by Crippen LogP contribution is 2.31. The molecule has 31 heavy (non-hydrogen) atoms. The molecule has 0 radical (unpaired) electrons. The Labute approximate surface area is 185 Å². The fourth-order valence-electron chi connectivity index (χ4n) is 3.39. The van der Waals surface area contributed by atoms with Crippen molar-refractivity contribution in [2.45, 2.75) is 26.3 Å². The molecule has 0 bridgehead atoms. The maximum atomic E-state index is 4.77. The minimum Gasteiger partial charge on any atom is -0.340 e. The van der Waals surface area contributed by atoms with Gasteiger partial charge in [-0.25, -0.2) is 15.0 Å². The van der Waals surface area contributed by atoms with E-state index in [1.165, 1.54) is 0 Å². The number of rotatable bonds is 8. The van der Waals surface area contributed by atoms with Gasteiger partial charge in [0.1, 0.15) is 22.3 Å². The monoisotopic (exact) mass is 434 g/mol. The van der Waals surface area contributed by atoms with E-state index in [-0.39, 0.29) is 0 Å². The lowest BCUT2D eigenvalue weighted by molar-refractivity contribution is 0.563. The molecule has 1 atom stereocenters. The summed E-state index contributed by atoms with van der Waals surface area (Å²) < 4.78 is 1.02. The third kappa shape index (κ3) is 4.62. The van der Waals surface area contributed by atoms with Crippen LogP contribution in [0.5, 0.6) is 0 Å². The van der Waals surface area contributed by atoms with E-state index in [1.807, 2.05) is 51.5 Å². The van der Waals surface area contributed by atoms with Crippen molar-refractivity contribution in [3.8, 4) is 10.7 Å². The van der Waals surface area contributed by atoms with E-state index in [1.54, 1.807) is 23.7 Å². The predicted molar refractivity (Wildman–Crippen MR) is 127 cm³/mol. The maximum absolute atomic E-state index is 4.77. The van der Waals surface area contributed by atoms with Gasteiger partial charge in [-0.3, -0.25) is 4.98 Å². The van der Waals surface area contributed by atoms with E-state index >= 15 is 0 Å². The zero-order valence-corrected chi connectivity index (χ0v) is 18.9. The van der Waals surface area contributed by atoms with Crippen LogP contribution in [0.25, 0.3) is 20.9 Å². The van der Waals surface area contributed by atoms with Crippen LogP contribution in [0.4, 0.5) is 17.6 Å². The van der Waals surface area contributed by atoms with Crippen molar-refractivity contribution >= 4 is 39.1 Å². The van der Waals surface area contributed by atoms with Crippen LogP contribution in [-0.4, -0.2) is 51.6 Å². The third-order valence-electron chi connectivity index (χ3n) is 5.16. The summed E-state index contributed by atoms with van der Waals surface area (Å²) in [5.74, 6) is 2.06. The van der Waals surface area contributed by atoms with Gasteiger partial charge in [0.2, 0.25) is 5.95 Å². The summed E-state index contributed by atoms with van der Waals surface area (Å²) in [5.41, 5.74) is 2.90. The fraction of sp³-hybridized carbons (Fsp3) is 0.318. The van der Waals surface area contributed by atoms with E-state index in [9.17, 15) is 0 Å². The van der Waals surface area contributed by atoms with E-state index in [2.05, 4.69) is 42.4 Å². The number of nitrogens with one attached hydrogen (secondary N) is 2. The highest BCUT2D eigenvalue weighted by atomic mass is 32.1. The lowest BCUT2D eigenvalue weighted by atomic mass is 10.2. The van der Waals surface area contributed by atoms with Gasteiger partial charge in [-0.15, -0.1) is 11.3 Å². The van der Waals surface area contributed by atoms with Crippen LogP contribution in [0.3, 0.4) is 0 Å². The number of hydrogen-bond donors (Lipinski definition) is 2. The second kappa shape index (κ2) is 9.32. The van der Waals surface area contributed by atoms with Crippen LogP contribution < -0.4 is 15.5 Å². The van der Waals surface area contributed by atoms with Gasteiger partial charge in [-0.2, -0.15) is 4.98 Å². The van der Waals surface area contributed by atoms with E-state index in [0.29, 0.717) is 23.6 Å². The van der Waals surface area contributed by atoms with Crippen LogP contribution in [0.2, 0.25) is 0 Å². The smallest absolute Gasteiger partial charge is 0.227 e. The molecular formula is C22H26N8S. The molecule has 0 aromatic carbocycles. The standard InChI is InChI=1S/C22H26N8S/c1-5-15(12-23-3)30(4)22-25-10-8-18(29-22)28-19-11-16-17(13-26-19)31-21(27-16)20-14(2)7-6-9-24-20/h6-11,13,15,23H,5,12H2,1-4H3,(H,25,26,28,29). The molecule has 0 saturated heterocycles. The molecule has 8 nitrogen and oxygen atoms in total. The topological polar surface area (TPSA) is 91.8 Å². The summed E-state index contributed by atoms with van der Waals surface area (Å²) in [6, 6.07) is 8.08. The van der Waals surface area contributed by atoms with Crippen molar-refractivity contribution < 1.29 is 0 Å². The number of aromatic nitrogens is 5. The lowest BCUT2D eigenvalue weighted by Gasteiger charge is -2.27. The Morgan fingerprint density at radius 3 is 2.74 bits per heavy atom. The molecule has 9 heteroatoms. The average molecular weight is 435 g/mol. The van der Waals surface area contributed by atoms with Crippen molar-refractivity contribution in [3.63, 3.8) is 0 Å². The number of fused-ring (bicyclic) bond motifs is 1. The number of thiazole rings is 1. The summed E-state index contributed by atoms with van der Waals surface area (Å²) in [6.45, 7) is 5.07. The Morgan fingerprint density at radius 1 is 1.10 bits per heavy atom. The quantitative estimate of drug-likeness (QED) is 0.429. The summed E-state index contributed by atoms with van der Waals surface area (Å²) in [5, 5.41) is 7.41. The van der Waals surface area contributed by atoms with Crippen molar-refractivity contribution in [2.24, 2.45) is 0 Å². The second-order valence-corrected chi connectivity index (χ2v) is 8.35. The van der Waals surface area contributed by atoms with Crippen LogP contribution >= 0.6 is 11.3 Å². The van der Waals surface area contributed by atoms with E-state index in [4.69, 9.17) is 4.98 Å². The maximum Gasteiger partial charge on any atom is 0.227 e. The largest absolute Gasteiger partial charge is 0.340 e. The van der Waals surface area contributed by atoms with Gasteiger partial charge in [0.05, 0.1) is 10.2 Å². The highest BCUT2D eigenvalue weighted by Gasteiger charge is 2.16. The molecule has 0 spiro atoms. The summed E-state index contributed by atoms with van der Waals surface area (Å²) in [6.07, 6.45) is 6.39. The predicted octanol–water partition coefficient (Wildman–Crippen LogP) is 4.03. The number of pyridine rings is 2. The van der Waals surface area contributed by atoms with Gasteiger partial charge < -0.3 is 15.5 Å². The molecule has 0 amide bonds. The first-order chi connectivity index (χ1) is 15.1. The molecule has 4 aromatic heterocycles. The van der Waals surface area contributed by atoms with Gasteiger partial charge in [0.25, 0.3) is 0 Å². The summed E-state index contributed by atoms with van der Waals surface area (Å²) in [4.78, 5) is 25.0. The normalized spacial score (nSPS) is 12.1. The van der Waals surface area contributed by atoms with Crippen LogP contribution in [-0.2, 0) is 0 Å². The molecule has 1 unspecified atom stereocenters. The molecule has 0 fully saturated rings. The van der Waals surface area contributed by atoms with Crippen LogP contribution in [0.1, 0.15) is 18.9 Å². The van der Waals surface area contributed by atoms with Crippen LogP contribution in [0, 0.1) is 6.92 Å². The summed E-state index contributed by atoms with van der Waals surface area (Å²) in [7, 11) is 3.97. The SMILES string of the molecule is CCC(CNC)N(C)c1nccc(Nc2cc3nc(-c4ncccc4C)sc3cn2)n1. The molecule has 160 valence electrons. The zero-order chi connectivity index (χ0) is 21.8. The van der Waals surface area contributed by atoms with E-state index in [0.717, 1.165) is 39.4 Å². The van der Waals surface area contributed by atoms with Crippen molar-refractivity contribution in [2.75, 3.05) is 30.9 Å². The Kier molecular flexibility index (Phi) is 6.34. The van der Waals surface area contributed by atoms with Gasteiger partial charge in [0.15, 0.2) is 0 Å². The minimum atomic E-state index is 0.318. The molecule has 0 saturated carbocycles. The molecular weight excluding hydrogens is 408 g/mol. The van der Waals surface area contributed by atoms with E-state index < -0.39 is 0 Å². The molecule has 4 rings (SSSR count). The highest BCUT2D eigenvalue weighted by molar-refractivity contribution is 7.21. The Balaban J connectivity index is 1.57. The number of nitrogens with zero attached hydrogens (tertiary/aromatic N) is 6. The molecule has 0 aliphatic heterocycles. The van der Waals surface area contributed by atoms with Gasteiger partial charge in [-0.05, 0) is 38.1 Å². The first kappa shape index (κ1) is 21.1. The Hall–Kier alpha value is -3.17. The lowest BCUT2D eigenvalue weighted by Crippen LogP contribution is -2.39. The second-order valence-electron chi connectivity index (χ2n) is 7.32. The van der Waals surface area contributed by atoms with Gasteiger partial charge in [-0.1, -0.05) is 13.0 Å². The number of hydrogen-bond acceptors (Lipinski definition) is 9. The average Bonchev–Trinajstić information content (AvgIpc) is 3.20. The van der Waals surface area contributed by atoms with Crippen LogP contribution in [0.15, 0.2) is 42.9 Å². The first-order valence-electron chi connectivity index (χ1n) is 10.2. The number of aryl methyl sites for hydroxylation is 1. The summed E-state index contributed by atoms with van der Waals surface area (Å²) >= 11 is 1.59. The minimum absolute atomic E-state index is 0.318. The van der Waals surface area contributed by atoms with Crippen molar-refractivity contribution in [1.82, 2.24) is 30.2 Å². The Morgan fingerprint density at radius 2 is 1.97 bits per heavy atom. The van der Waals surface area contributed by atoms with Gasteiger partial charge >= 0.3 is 0 Å². The van der Waals surface area contributed by atoms with Crippen molar-refractivity contribution in [1.29, 1.82) is 0 Å². The van der Waals surface area contributed by atoms with Gasteiger partial charge in [0, 0.05) is 44.3 Å². The molecule has 4 aromatic rings. The Bertz CT molecular complexity index is 1180. The first-order valence-corrected chi connectivity index (χ1v) is 11.1. The zero-order valence-electron chi connectivity index (χ0n) is 18.1. The molecule has 0 aliphatic rings. The third-order valence-corrected chi connectivity index (χ3v) is 6.17. The molecule has 0 aliphatic carbocycles. The number of anilines is 3.